The Morgan fingerprint density at radius 2 is 2.21 bits per heavy atom. The lowest BCUT2D eigenvalue weighted by atomic mass is 10.1. The van der Waals surface area contributed by atoms with E-state index >= 15 is 0 Å². The van der Waals surface area contributed by atoms with Gasteiger partial charge in [-0.3, -0.25) is 4.90 Å². The van der Waals surface area contributed by atoms with E-state index in [9.17, 15) is 14.3 Å². The molecule has 0 saturated carbocycles. The fraction of sp³-hybridized carbons (Fsp3) is 0.588. The van der Waals surface area contributed by atoms with E-state index in [0.29, 0.717) is 6.54 Å². The number of rotatable bonds is 8. The minimum atomic E-state index is -2.21. The normalized spacial score (nSPS) is 19.8. The molecule has 1 fully saturated rings. The molecule has 0 spiro atoms. The SMILES string of the molecule is CCC[C@@H](CN1CCCC1[P+](=O)O)NC(=O)OCc1ccccc1. The number of nitrogens with zero attached hydrogens (tertiary/aromatic N) is 1. The van der Waals surface area contributed by atoms with Crippen LogP contribution in [0.4, 0.5) is 4.79 Å². The summed E-state index contributed by atoms with van der Waals surface area (Å²) >= 11 is 0. The van der Waals surface area contributed by atoms with E-state index in [1.54, 1.807) is 0 Å². The van der Waals surface area contributed by atoms with Gasteiger partial charge in [-0.2, -0.15) is 4.89 Å². The zero-order valence-corrected chi connectivity index (χ0v) is 15.0. The third-order valence-electron chi connectivity index (χ3n) is 4.21. The second kappa shape index (κ2) is 9.72. The highest BCUT2D eigenvalue weighted by Crippen LogP contribution is 2.34. The first-order valence-electron chi connectivity index (χ1n) is 8.46. The lowest BCUT2D eigenvalue weighted by Gasteiger charge is -2.24. The number of carbonyl (C=O) groups is 1. The molecule has 1 aromatic rings. The highest BCUT2D eigenvalue weighted by atomic mass is 31.1. The molecule has 2 N–H and O–H groups in total. The summed E-state index contributed by atoms with van der Waals surface area (Å²) in [5, 5.41) is 2.90. The van der Waals surface area contributed by atoms with Gasteiger partial charge in [-0.25, -0.2) is 4.79 Å². The minimum absolute atomic E-state index is 0.0752. The van der Waals surface area contributed by atoms with Gasteiger partial charge in [0.05, 0.1) is 0 Å². The van der Waals surface area contributed by atoms with Gasteiger partial charge in [-0.15, -0.1) is 0 Å². The molecule has 2 unspecified atom stereocenters. The highest BCUT2D eigenvalue weighted by Gasteiger charge is 2.40. The van der Waals surface area contributed by atoms with Crippen molar-refractivity contribution in [1.29, 1.82) is 0 Å². The van der Waals surface area contributed by atoms with Crippen LogP contribution in [0.1, 0.15) is 38.2 Å². The molecule has 1 heterocycles. The molecule has 132 valence electrons. The van der Waals surface area contributed by atoms with Gasteiger partial charge >= 0.3 is 14.1 Å². The fourth-order valence-corrected chi connectivity index (χ4v) is 3.94. The Hall–Kier alpha value is -1.49. The van der Waals surface area contributed by atoms with Gasteiger partial charge in [0.15, 0.2) is 0 Å². The molecule has 1 amide bonds. The molecular weight excluding hydrogens is 327 g/mol. The van der Waals surface area contributed by atoms with E-state index in [2.05, 4.69) is 12.2 Å². The lowest BCUT2D eigenvalue weighted by molar-refractivity contribution is 0.131. The van der Waals surface area contributed by atoms with Gasteiger partial charge in [-0.05, 0) is 23.0 Å². The summed E-state index contributed by atoms with van der Waals surface area (Å²) in [4.78, 5) is 23.5. The van der Waals surface area contributed by atoms with Gasteiger partial charge in [0.2, 0.25) is 5.78 Å². The summed E-state index contributed by atoms with van der Waals surface area (Å²) in [5.41, 5.74) is 0.941. The third kappa shape index (κ3) is 5.86. The van der Waals surface area contributed by atoms with Crippen molar-refractivity contribution in [3.05, 3.63) is 35.9 Å². The summed E-state index contributed by atoms with van der Waals surface area (Å²) in [6, 6.07) is 9.46. The van der Waals surface area contributed by atoms with Crippen molar-refractivity contribution in [1.82, 2.24) is 10.2 Å². The first-order chi connectivity index (χ1) is 11.6. The Kier molecular flexibility index (Phi) is 7.63. The van der Waals surface area contributed by atoms with Crippen molar-refractivity contribution in [2.45, 2.75) is 51.0 Å². The van der Waals surface area contributed by atoms with Crippen LogP contribution in [-0.4, -0.2) is 40.8 Å². The van der Waals surface area contributed by atoms with E-state index in [0.717, 1.165) is 37.8 Å². The number of amides is 1. The van der Waals surface area contributed by atoms with E-state index < -0.39 is 14.1 Å². The van der Waals surface area contributed by atoms with Gasteiger partial charge in [0.1, 0.15) is 6.61 Å². The molecule has 7 heteroatoms. The summed E-state index contributed by atoms with van der Waals surface area (Å²) in [6.07, 6.45) is 2.95. The average Bonchev–Trinajstić information content (AvgIpc) is 3.02. The summed E-state index contributed by atoms with van der Waals surface area (Å²) in [5.74, 6) is -0.290. The number of benzene rings is 1. The smallest absolute Gasteiger partial charge is 0.445 e. The molecule has 6 nitrogen and oxygen atoms in total. The largest absolute Gasteiger partial charge is 0.524 e. The first-order valence-corrected chi connectivity index (χ1v) is 9.74. The van der Waals surface area contributed by atoms with Crippen LogP contribution in [0.3, 0.4) is 0 Å². The maximum Gasteiger partial charge on any atom is 0.524 e. The first kappa shape index (κ1) is 18.8. The van der Waals surface area contributed by atoms with Crippen molar-refractivity contribution in [3.63, 3.8) is 0 Å². The predicted octanol–water partition coefficient (Wildman–Crippen LogP) is 3.24. The van der Waals surface area contributed by atoms with E-state index in [1.807, 2.05) is 35.2 Å². The Morgan fingerprint density at radius 3 is 2.88 bits per heavy atom. The lowest BCUT2D eigenvalue weighted by Crippen LogP contribution is -2.44. The number of hydrogen-bond donors (Lipinski definition) is 2. The number of carbonyl (C=O) groups excluding carboxylic acids is 1. The molecule has 3 atom stereocenters. The minimum Gasteiger partial charge on any atom is -0.445 e. The molecule has 1 aliphatic heterocycles. The van der Waals surface area contributed by atoms with E-state index in [-0.39, 0.29) is 18.4 Å². The number of hydrogen-bond acceptors (Lipinski definition) is 4. The van der Waals surface area contributed by atoms with Crippen LogP contribution in [-0.2, 0) is 15.9 Å². The molecule has 0 aliphatic carbocycles. The number of nitrogens with one attached hydrogen (secondary N) is 1. The predicted molar refractivity (Wildman–Crippen MR) is 92.9 cm³/mol. The molecule has 24 heavy (non-hydrogen) atoms. The quantitative estimate of drug-likeness (QED) is 0.702. The Bertz CT molecular complexity index is 541. The number of ether oxygens (including phenoxy) is 1. The third-order valence-corrected chi connectivity index (χ3v) is 5.31. The van der Waals surface area contributed by atoms with Crippen molar-refractivity contribution in [2.75, 3.05) is 13.1 Å². The standard InChI is InChI=1S/C17H25N2O4P/c1-2-7-15(12-19-11-6-10-16(19)24(21)22)18-17(20)23-13-14-8-4-3-5-9-14/h3-5,8-9,15-16H,2,6-7,10-13H2,1H3,(H-,18,20,21,22)/p+1/t15-,16?/m0/s1. The molecule has 1 saturated heterocycles. The average molecular weight is 353 g/mol. The van der Waals surface area contributed by atoms with Crippen LogP contribution in [0.2, 0.25) is 0 Å². The summed E-state index contributed by atoms with van der Waals surface area (Å²) < 4.78 is 16.7. The molecule has 0 aromatic heterocycles. The summed E-state index contributed by atoms with van der Waals surface area (Å²) in [6.45, 7) is 3.67. The van der Waals surface area contributed by atoms with Gasteiger partial charge in [-0.1, -0.05) is 43.7 Å². The van der Waals surface area contributed by atoms with Crippen molar-refractivity contribution >= 4 is 14.1 Å². The van der Waals surface area contributed by atoms with E-state index in [1.165, 1.54) is 0 Å². The fourth-order valence-electron chi connectivity index (χ4n) is 3.04. The van der Waals surface area contributed by atoms with Crippen LogP contribution in [0.15, 0.2) is 30.3 Å². The maximum atomic E-state index is 12.0. The molecular formula is C17H26N2O4P+. The Morgan fingerprint density at radius 1 is 1.46 bits per heavy atom. The number of likely N-dealkylation sites (tertiary alicyclic amines) is 1. The van der Waals surface area contributed by atoms with Gasteiger partial charge in [0, 0.05) is 25.6 Å². The molecule has 2 rings (SSSR count). The molecule has 0 radical (unpaired) electrons. The van der Waals surface area contributed by atoms with Gasteiger partial charge < -0.3 is 10.1 Å². The Balaban J connectivity index is 1.83. The van der Waals surface area contributed by atoms with Crippen molar-refractivity contribution < 1.29 is 19.0 Å². The molecule has 1 aromatic carbocycles. The zero-order chi connectivity index (χ0) is 17.4. The maximum absolute atomic E-state index is 12.0. The van der Waals surface area contributed by atoms with Gasteiger partial charge in [0.25, 0.3) is 0 Å². The van der Waals surface area contributed by atoms with Crippen LogP contribution in [0, 0.1) is 0 Å². The second-order valence-corrected chi connectivity index (χ2v) is 7.31. The van der Waals surface area contributed by atoms with Crippen LogP contribution in [0.25, 0.3) is 0 Å². The zero-order valence-electron chi connectivity index (χ0n) is 14.1. The highest BCUT2D eigenvalue weighted by molar-refractivity contribution is 7.38. The molecule has 1 aliphatic rings. The topological polar surface area (TPSA) is 78.9 Å². The molecule has 0 bridgehead atoms. The van der Waals surface area contributed by atoms with Crippen LogP contribution >= 0.6 is 8.03 Å². The number of alkyl carbamates (subject to hydrolysis) is 1. The summed E-state index contributed by atoms with van der Waals surface area (Å²) in [7, 11) is -2.21. The second-order valence-electron chi connectivity index (χ2n) is 6.11. The van der Waals surface area contributed by atoms with E-state index in [4.69, 9.17) is 4.74 Å². The van der Waals surface area contributed by atoms with Crippen LogP contribution < -0.4 is 5.32 Å². The van der Waals surface area contributed by atoms with Crippen LogP contribution in [0.5, 0.6) is 0 Å². The van der Waals surface area contributed by atoms with Crippen molar-refractivity contribution in [3.8, 4) is 0 Å². The Labute approximate surface area is 144 Å². The monoisotopic (exact) mass is 353 g/mol. The van der Waals surface area contributed by atoms with Crippen molar-refractivity contribution in [2.24, 2.45) is 0 Å².